The van der Waals surface area contributed by atoms with E-state index in [0.29, 0.717) is 17.6 Å². The van der Waals surface area contributed by atoms with Crippen LogP contribution >= 0.6 is 0 Å². The second kappa shape index (κ2) is 7.53. The van der Waals surface area contributed by atoms with Gasteiger partial charge in [0.15, 0.2) is 0 Å². The molecule has 0 radical (unpaired) electrons. The second-order valence-corrected chi connectivity index (χ2v) is 5.09. The largest absolute Gasteiger partial charge is 0.487 e. The zero-order valence-corrected chi connectivity index (χ0v) is 13.1. The van der Waals surface area contributed by atoms with E-state index < -0.39 is 0 Å². The fourth-order valence-electron chi connectivity index (χ4n) is 2.08. The molecule has 0 saturated carbocycles. The summed E-state index contributed by atoms with van der Waals surface area (Å²) < 4.78 is 7.53. The van der Waals surface area contributed by atoms with E-state index >= 15 is 0 Å². The summed E-state index contributed by atoms with van der Waals surface area (Å²) in [7, 11) is 1.33. The number of nitrogens with zero attached hydrogens (tertiary/aromatic N) is 5. The topological polar surface area (TPSA) is 85.5 Å². The summed E-state index contributed by atoms with van der Waals surface area (Å²) in [6, 6.07) is 11.5. The van der Waals surface area contributed by atoms with Crippen LogP contribution in [0.3, 0.4) is 0 Å². The summed E-state index contributed by atoms with van der Waals surface area (Å²) in [6.07, 6.45) is 5.17. The van der Waals surface area contributed by atoms with Crippen LogP contribution in [0.5, 0.6) is 11.6 Å². The second-order valence-electron chi connectivity index (χ2n) is 5.09. The van der Waals surface area contributed by atoms with Crippen molar-refractivity contribution >= 4 is 0 Å². The first-order chi connectivity index (χ1) is 11.7. The first kappa shape index (κ1) is 15.9. The molecule has 0 spiro atoms. The summed E-state index contributed by atoms with van der Waals surface area (Å²) in [5.74, 6) is 0.648. The zero-order valence-electron chi connectivity index (χ0n) is 13.1. The molecule has 24 heavy (non-hydrogen) atoms. The van der Waals surface area contributed by atoms with Gasteiger partial charge in [0.25, 0.3) is 5.88 Å². The Morgan fingerprint density at radius 2 is 2.00 bits per heavy atom. The lowest BCUT2D eigenvalue weighted by Gasteiger charge is -2.10. The predicted octanol–water partition coefficient (Wildman–Crippen LogP) is 1.92. The third-order valence-electron chi connectivity index (χ3n) is 3.16. The average Bonchev–Trinajstić information content (AvgIpc) is 3.07. The molecule has 3 rings (SSSR count). The molecule has 1 aromatic carbocycles. The number of rotatable bonds is 7. The van der Waals surface area contributed by atoms with Gasteiger partial charge in [-0.3, -0.25) is 9.89 Å². The fourth-order valence-corrected chi connectivity index (χ4v) is 2.08. The molecule has 124 valence electrons. The highest BCUT2D eigenvalue weighted by Gasteiger charge is 2.04. The highest BCUT2D eigenvalue weighted by atomic mass is 16.9. The van der Waals surface area contributed by atoms with E-state index in [9.17, 15) is 0 Å². The van der Waals surface area contributed by atoms with Gasteiger partial charge in [-0.15, -0.1) is 5.10 Å². The lowest BCUT2D eigenvalue weighted by atomic mass is 10.1. The molecule has 8 heteroatoms. The Kier molecular flexibility index (Phi) is 4.99. The molecule has 0 saturated heterocycles. The maximum Gasteiger partial charge on any atom is 0.263 e. The lowest BCUT2D eigenvalue weighted by Crippen LogP contribution is -2.18. The summed E-state index contributed by atoms with van der Waals surface area (Å²) in [4.78, 5) is 4.90. The van der Waals surface area contributed by atoms with Gasteiger partial charge >= 0.3 is 0 Å². The van der Waals surface area contributed by atoms with Gasteiger partial charge in [-0.25, -0.2) is 0 Å². The highest BCUT2D eigenvalue weighted by Crippen LogP contribution is 2.17. The van der Waals surface area contributed by atoms with Crippen molar-refractivity contribution in [3.05, 3.63) is 66.1 Å². The average molecular weight is 327 g/mol. The summed E-state index contributed by atoms with van der Waals surface area (Å²) in [6.45, 7) is 1.12. The molecule has 8 nitrogen and oxygen atoms in total. The Morgan fingerprint density at radius 1 is 1.21 bits per heavy atom. The van der Waals surface area contributed by atoms with Crippen LogP contribution in [0.15, 0.2) is 55.0 Å². The van der Waals surface area contributed by atoms with E-state index in [2.05, 4.69) is 15.3 Å². The number of ether oxygens (including phenoxy) is 1. The van der Waals surface area contributed by atoms with Crippen LogP contribution in [0.4, 0.5) is 0 Å². The van der Waals surface area contributed by atoms with E-state index in [4.69, 9.17) is 14.8 Å². The minimum Gasteiger partial charge on any atom is -0.487 e. The van der Waals surface area contributed by atoms with Crippen LogP contribution in [0.2, 0.25) is 0 Å². The van der Waals surface area contributed by atoms with Gasteiger partial charge in [-0.1, -0.05) is 24.3 Å². The van der Waals surface area contributed by atoms with Crippen molar-refractivity contribution in [1.29, 1.82) is 0 Å². The molecule has 2 heterocycles. The minimum absolute atomic E-state index is 0.145. The van der Waals surface area contributed by atoms with Crippen LogP contribution in [0.25, 0.3) is 0 Å². The fraction of sp³-hybridized carbons (Fsp3) is 0.188. The van der Waals surface area contributed by atoms with E-state index in [0.717, 1.165) is 17.7 Å². The van der Waals surface area contributed by atoms with Crippen LogP contribution in [0.1, 0.15) is 11.1 Å². The third-order valence-corrected chi connectivity index (χ3v) is 3.16. The number of benzene rings is 1. The summed E-state index contributed by atoms with van der Waals surface area (Å²) >= 11 is 0. The van der Waals surface area contributed by atoms with Crippen molar-refractivity contribution < 1.29 is 14.8 Å². The standard InChI is InChI=1S/C16H17N5O3/c1-20(22)24-16-9-15(10-17-19-16)23-12-14-5-3-13(4-6-14)11-21-8-2-7-18-21/h2-10,22H,11-12H2,1H3. The van der Waals surface area contributed by atoms with Crippen LogP contribution in [-0.2, 0) is 13.2 Å². The molecular formula is C16H17N5O3. The number of hydroxylamine groups is 2. The maximum atomic E-state index is 9.02. The normalized spacial score (nSPS) is 10.8. The number of aromatic nitrogens is 4. The van der Waals surface area contributed by atoms with E-state index in [1.807, 2.05) is 41.2 Å². The minimum atomic E-state index is 0.145. The Labute approximate surface area is 138 Å². The molecule has 0 bridgehead atoms. The van der Waals surface area contributed by atoms with Gasteiger partial charge in [0.2, 0.25) is 0 Å². The van der Waals surface area contributed by atoms with Gasteiger partial charge in [-0.2, -0.15) is 10.2 Å². The maximum absolute atomic E-state index is 9.02. The van der Waals surface area contributed by atoms with Crippen LogP contribution in [-0.4, -0.2) is 37.5 Å². The van der Waals surface area contributed by atoms with E-state index in [1.54, 1.807) is 12.3 Å². The van der Waals surface area contributed by atoms with E-state index in [1.165, 1.54) is 13.2 Å². The SMILES string of the molecule is CN(O)Oc1cc(OCc2ccc(Cn3cccn3)cc2)cnn1. The first-order valence-corrected chi connectivity index (χ1v) is 7.30. The molecule has 0 unspecified atom stereocenters. The quantitative estimate of drug-likeness (QED) is 0.663. The molecule has 0 aliphatic heterocycles. The van der Waals surface area contributed by atoms with Crippen molar-refractivity contribution in [3.8, 4) is 11.6 Å². The molecule has 3 aromatic rings. The van der Waals surface area contributed by atoms with Crippen molar-refractivity contribution in [2.45, 2.75) is 13.2 Å². The number of hydrogen-bond acceptors (Lipinski definition) is 7. The Hall–Kier alpha value is -2.97. The van der Waals surface area contributed by atoms with Crippen molar-refractivity contribution in [2.24, 2.45) is 0 Å². The Balaban J connectivity index is 1.56. The van der Waals surface area contributed by atoms with Gasteiger partial charge in [0.1, 0.15) is 12.4 Å². The smallest absolute Gasteiger partial charge is 0.263 e. The van der Waals surface area contributed by atoms with Crippen LogP contribution in [0, 0.1) is 0 Å². The molecule has 0 atom stereocenters. The molecule has 1 N–H and O–H groups in total. The Morgan fingerprint density at radius 3 is 2.71 bits per heavy atom. The van der Waals surface area contributed by atoms with E-state index in [-0.39, 0.29) is 5.88 Å². The van der Waals surface area contributed by atoms with Crippen molar-refractivity contribution in [1.82, 2.24) is 25.2 Å². The highest BCUT2D eigenvalue weighted by molar-refractivity contribution is 5.25. The van der Waals surface area contributed by atoms with Gasteiger partial charge in [0.05, 0.1) is 19.8 Å². The molecule has 0 amide bonds. The Bertz CT molecular complexity index is 760. The third kappa shape index (κ3) is 4.51. The summed E-state index contributed by atoms with van der Waals surface area (Å²) in [5, 5.41) is 21.2. The predicted molar refractivity (Wildman–Crippen MR) is 84.3 cm³/mol. The molecular weight excluding hydrogens is 310 g/mol. The molecule has 0 aliphatic carbocycles. The van der Waals surface area contributed by atoms with Gasteiger partial charge in [-0.05, 0) is 22.4 Å². The monoisotopic (exact) mass is 327 g/mol. The molecule has 0 aliphatic rings. The van der Waals surface area contributed by atoms with Gasteiger partial charge in [0, 0.05) is 18.5 Å². The van der Waals surface area contributed by atoms with Crippen LogP contribution < -0.4 is 9.57 Å². The lowest BCUT2D eigenvalue weighted by molar-refractivity contribution is -0.264. The zero-order chi connectivity index (χ0) is 16.8. The van der Waals surface area contributed by atoms with Crippen molar-refractivity contribution in [2.75, 3.05) is 7.05 Å². The summed E-state index contributed by atoms with van der Waals surface area (Å²) in [5.41, 5.74) is 2.19. The number of hydrogen-bond donors (Lipinski definition) is 1. The molecule has 0 fully saturated rings. The van der Waals surface area contributed by atoms with Crippen molar-refractivity contribution in [3.63, 3.8) is 0 Å². The first-order valence-electron chi connectivity index (χ1n) is 7.30. The van der Waals surface area contributed by atoms with Gasteiger partial charge < -0.3 is 9.57 Å². The molecule has 2 aromatic heterocycles.